The number of rotatable bonds is 2. The number of hydrogen-bond donors (Lipinski definition) is 2. The van der Waals surface area contributed by atoms with E-state index in [0.29, 0.717) is 5.52 Å². The predicted octanol–water partition coefficient (Wildman–Crippen LogP) is 1.93. The Labute approximate surface area is 103 Å². The van der Waals surface area contributed by atoms with Gasteiger partial charge in [-0.15, -0.1) is 0 Å². The number of carboxylic acid groups (broad SMARTS) is 1. The number of carboxylic acids is 1. The van der Waals surface area contributed by atoms with Crippen LogP contribution in [-0.2, 0) is 5.54 Å². The number of carbonyl (C=O) groups is 1. The van der Waals surface area contributed by atoms with Gasteiger partial charge in [0.1, 0.15) is 0 Å². The number of aromatic amines is 1. The van der Waals surface area contributed by atoms with Crippen LogP contribution in [-0.4, -0.2) is 20.6 Å². The van der Waals surface area contributed by atoms with Crippen LogP contribution in [0.3, 0.4) is 0 Å². The molecule has 0 bridgehead atoms. The zero-order valence-electron chi connectivity index (χ0n) is 10.1. The van der Waals surface area contributed by atoms with Gasteiger partial charge in [-0.3, -0.25) is 4.57 Å². The van der Waals surface area contributed by atoms with E-state index in [0.717, 1.165) is 24.8 Å². The minimum atomic E-state index is -0.986. The summed E-state index contributed by atoms with van der Waals surface area (Å²) in [5.74, 6) is -0.986. The van der Waals surface area contributed by atoms with Crippen molar-refractivity contribution in [3.8, 4) is 0 Å². The van der Waals surface area contributed by atoms with E-state index in [-0.39, 0.29) is 16.8 Å². The van der Waals surface area contributed by atoms with Gasteiger partial charge in [0, 0.05) is 5.54 Å². The first-order chi connectivity index (χ1) is 8.51. The molecule has 0 spiro atoms. The molecular formula is C13H14N2O3. The van der Waals surface area contributed by atoms with Crippen LogP contribution in [0.1, 0.15) is 36.5 Å². The van der Waals surface area contributed by atoms with Crippen LogP contribution >= 0.6 is 0 Å². The summed E-state index contributed by atoms with van der Waals surface area (Å²) in [4.78, 5) is 25.7. The molecule has 18 heavy (non-hydrogen) atoms. The van der Waals surface area contributed by atoms with Crippen LogP contribution in [0.25, 0.3) is 11.0 Å². The topological polar surface area (TPSA) is 75.1 Å². The molecule has 0 radical (unpaired) electrons. The Morgan fingerprint density at radius 1 is 1.44 bits per heavy atom. The summed E-state index contributed by atoms with van der Waals surface area (Å²) in [6, 6.07) is 4.76. The second-order valence-corrected chi connectivity index (χ2v) is 5.15. The van der Waals surface area contributed by atoms with Gasteiger partial charge in [0.25, 0.3) is 0 Å². The first kappa shape index (κ1) is 11.1. The molecule has 0 unspecified atom stereocenters. The standard InChI is InChI=1S/C13H14N2O3/c1-13(5-2-6-13)15-10-4-3-8(11(16)17)7-9(10)14-12(15)18/h3-4,7H,2,5-6H2,1H3,(H,14,18)(H,16,17). The molecule has 1 aromatic heterocycles. The van der Waals surface area contributed by atoms with Crippen molar-refractivity contribution in [3.05, 3.63) is 34.2 Å². The molecule has 0 amide bonds. The average molecular weight is 246 g/mol. The number of aromatic nitrogens is 2. The van der Waals surface area contributed by atoms with Crippen molar-refractivity contribution in [1.82, 2.24) is 9.55 Å². The Hall–Kier alpha value is -2.04. The van der Waals surface area contributed by atoms with Crippen molar-refractivity contribution in [1.29, 1.82) is 0 Å². The highest BCUT2D eigenvalue weighted by Gasteiger charge is 2.36. The van der Waals surface area contributed by atoms with Gasteiger partial charge in [-0.1, -0.05) is 0 Å². The molecule has 1 fully saturated rings. The van der Waals surface area contributed by atoms with Crippen LogP contribution in [0, 0.1) is 0 Å². The maximum Gasteiger partial charge on any atom is 0.335 e. The van der Waals surface area contributed by atoms with Crippen molar-refractivity contribution >= 4 is 17.0 Å². The molecule has 5 heteroatoms. The molecule has 0 atom stereocenters. The molecule has 5 nitrogen and oxygen atoms in total. The summed E-state index contributed by atoms with van der Waals surface area (Å²) in [6.07, 6.45) is 3.10. The number of nitrogens with one attached hydrogen (secondary N) is 1. The molecule has 2 N–H and O–H groups in total. The summed E-state index contributed by atoms with van der Waals surface area (Å²) in [5, 5.41) is 8.94. The molecule has 1 aliphatic rings. The molecule has 94 valence electrons. The van der Waals surface area contributed by atoms with E-state index in [9.17, 15) is 9.59 Å². The lowest BCUT2D eigenvalue weighted by Gasteiger charge is -2.39. The van der Waals surface area contributed by atoms with E-state index in [4.69, 9.17) is 5.11 Å². The molecule has 1 aromatic carbocycles. The second-order valence-electron chi connectivity index (χ2n) is 5.15. The van der Waals surface area contributed by atoms with Gasteiger partial charge in [0.05, 0.1) is 16.6 Å². The Morgan fingerprint density at radius 2 is 2.17 bits per heavy atom. The van der Waals surface area contributed by atoms with Crippen molar-refractivity contribution in [3.63, 3.8) is 0 Å². The highest BCUT2D eigenvalue weighted by Crippen LogP contribution is 2.39. The third-order valence-electron chi connectivity index (χ3n) is 3.90. The average Bonchev–Trinajstić information content (AvgIpc) is 2.61. The zero-order valence-corrected chi connectivity index (χ0v) is 10.1. The molecule has 1 aliphatic carbocycles. The van der Waals surface area contributed by atoms with Crippen molar-refractivity contribution in [2.24, 2.45) is 0 Å². The molecule has 0 saturated heterocycles. The lowest BCUT2D eigenvalue weighted by molar-refractivity contribution is 0.0697. The fourth-order valence-corrected chi connectivity index (χ4v) is 2.69. The minimum absolute atomic E-state index is 0.125. The molecule has 3 rings (SSSR count). The molecule has 0 aliphatic heterocycles. The van der Waals surface area contributed by atoms with Crippen LogP contribution in [0.5, 0.6) is 0 Å². The van der Waals surface area contributed by atoms with Gasteiger partial charge >= 0.3 is 11.7 Å². The van der Waals surface area contributed by atoms with Gasteiger partial charge < -0.3 is 10.1 Å². The number of hydrogen-bond acceptors (Lipinski definition) is 2. The summed E-state index contributed by atoms with van der Waals surface area (Å²) < 4.78 is 1.76. The van der Waals surface area contributed by atoms with Crippen LogP contribution in [0.15, 0.2) is 23.0 Å². The van der Waals surface area contributed by atoms with Crippen LogP contribution in [0.2, 0.25) is 0 Å². The van der Waals surface area contributed by atoms with Gasteiger partial charge in [0.2, 0.25) is 0 Å². The monoisotopic (exact) mass is 246 g/mol. The molecule has 1 saturated carbocycles. The van der Waals surface area contributed by atoms with Crippen molar-refractivity contribution in [2.45, 2.75) is 31.7 Å². The van der Waals surface area contributed by atoms with Crippen molar-refractivity contribution < 1.29 is 9.90 Å². The Kier molecular flexibility index (Phi) is 2.14. The summed E-state index contributed by atoms with van der Waals surface area (Å²) >= 11 is 0. The first-order valence-corrected chi connectivity index (χ1v) is 6.00. The fourth-order valence-electron chi connectivity index (χ4n) is 2.69. The van der Waals surface area contributed by atoms with E-state index in [1.54, 1.807) is 10.6 Å². The highest BCUT2D eigenvalue weighted by atomic mass is 16.4. The Morgan fingerprint density at radius 3 is 2.72 bits per heavy atom. The number of aromatic carboxylic acids is 1. The highest BCUT2D eigenvalue weighted by molar-refractivity contribution is 5.92. The summed E-state index contributed by atoms with van der Waals surface area (Å²) in [7, 11) is 0. The quantitative estimate of drug-likeness (QED) is 0.850. The van der Waals surface area contributed by atoms with Gasteiger partial charge in [-0.2, -0.15) is 0 Å². The smallest absolute Gasteiger partial charge is 0.335 e. The number of imidazole rings is 1. The second kappa shape index (κ2) is 3.48. The molecule has 1 heterocycles. The number of H-pyrrole nitrogens is 1. The summed E-state index contributed by atoms with van der Waals surface area (Å²) in [5.41, 5.74) is 1.28. The number of benzene rings is 1. The number of fused-ring (bicyclic) bond motifs is 1. The Balaban J connectivity index is 2.25. The predicted molar refractivity (Wildman–Crippen MR) is 67.0 cm³/mol. The fraction of sp³-hybridized carbons (Fsp3) is 0.385. The van der Waals surface area contributed by atoms with E-state index in [1.807, 2.05) is 0 Å². The molecular weight excluding hydrogens is 232 g/mol. The summed E-state index contributed by atoms with van der Waals surface area (Å²) in [6.45, 7) is 2.07. The van der Waals surface area contributed by atoms with E-state index >= 15 is 0 Å². The maximum absolute atomic E-state index is 12.0. The van der Waals surface area contributed by atoms with Crippen molar-refractivity contribution in [2.75, 3.05) is 0 Å². The first-order valence-electron chi connectivity index (χ1n) is 6.00. The Bertz CT molecular complexity index is 692. The van der Waals surface area contributed by atoms with Gasteiger partial charge in [0.15, 0.2) is 0 Å². The van der Waals surface area contributed by atoms with E-state index in [2.05, 4.69) is 11.9 Å². The van der Waals surface area contributed by atoms with Crippen LogP contribution in [0.4, 0.5) is 0 Å². The lowest BCUT2D eigenvalue weighted by Crippen LogP contribution is -2.42. The third kappa shape index (κ3) is 1.40. The SMILES string of the molecule is CC1(n2c(=O)[nH]c3cc(C(=O)O)ccc32)CCC1. The largest absolute Gasteiger partial charge is 0.478 e. The maximum atomic E-state index is 12.0. The van der Waals surface area contributed by atoms with Gasteiger partial charge in [-0.25, -0.2) is 9.59 Å². The normalized spacial score (nSPS) is 17.6. The van der Waals surface area contributed by atoms with Crippen LogP contribution < -0.4 is 5.69 Å². The minimum Gasteiger partial charge on any atom is -0.478 e. The van der Waals surface area contributed by atoms with E-state index in [1.165, 1.54) is 12.1 Å². The third-order valence-corrected chi connectivity index (χ3v) is 3.90. The van der Waals surface area contributed by atoms with E-state index < -0.39 is 5.97 Å². The number of nitrogens with zero attached hydrogens (tertiary/aromatic N) is 1. The molecule has 2 aromatic rings. The lowest BCUT2D eigenvalue weighted by atomic mass is 9.78. The van der Waals surface area contributed by atoms with Gasteiger partial charge in [-0.05, 0) is 44.4 Å². The zero-order chi connectivity index (χ0) is 12.9.